The van der Waals surface area contributed by atoms with E-state index >= 15 is 0 Å². The molecule has 24 heavy (non-hydrogen) atoms. The maximum absolute atomic E-state index is 5.51. The lowest BCUT2D eigenvalue weighted by atomic mass is 10.1. The summed E-state index contributed by atoms with van der Waals surface area (Å²) in [5.74, 6) is 1.87. The topological polar surface area (TPSA) is 77.0 Å². The molecule has 0 radical (unpaired) electrons. The maximum Gasteiger partial charge on any atom is 0.223 e. The third kappa shape index (κ3) is 2.89. The highest BCUT2D eigenvalue weighted by atomic mass is 16.3. The summed E-state index contributed by atoms with van der Waals surface area (Å²) in [6.07, 6.45) is 8.52. The van der Waals surface area contributed by atoms with E-state index < -0.39 is 0 Å². The standard InChI is InChI=1S/C18H14N4O2/c1-4-13(10-19-7-1)11-20-18-21-12-14(15-5-2-8-23-15)17(22-18)16-6-3-9-24-16/h1-10,12H,11H2,(H,20,21,22). The Kier molecular flexibility index (Phi) is 3.77. The number of nitrogens with zero attached hydrogens (tertiary/aromatic N) is 3. The molecule has 0 atom stereocenters. The van der Waals surface area contributed by atoms with Crippen LogP contribution < -0.4 is 5.32 Å². The molecular weight excluding hydrogens is 304 g/mol. The molecule has 0 saturated heterocycles. The van der Waals surface area contributed by atoms with Gasteiger partial charge < -0.3 is 14.2 Å². The highest BCUT2D eigenvalue weighted by Crippen LogP contribution is 2.31. The predicted molar refractivity (Wildman–Crippen MR) is 89.0 cm³/mol. The van der Waals surface area contributed by atoms with E-state index in [-0.39, 0.29) is 0 Å². The Hall–Kier alpha value is -3.41. The molecule has 6 nitrogen and oxygen atoms in total. The first kappa shape index (κ1) is 14.2. The average molecular weight is 318 g/mol. The summed E-state index contributed by atoms with van der Waals surface area (Å²) in [4.78, 5) is 13.1. The van der Waals surface area contributed by atoms with Crippen LogP contribution in [0.1, 0.15) is 5.56 Å². The molecule has 6 heteroatoms. The Balaban J connectivity index is 1.66. The van der Waals surface area contributed by atoms with Gasteiger partial charge in [0, 0.05) is 25.1 Å². The minimum atomic E-state index is 0.514. The molecule has 0 saturated carbocycles. The second-order valence-electron chi connectivity index (χ2n) is 5.13. The lowest BCUT2D eigenvalue weighted by Gasteiger charge is -2.08. The molecule has 4 aromatic heterocycles. The third-order valence-corrected chi connectivity index (χ3v) is 3.50. The van der Waals surface area contributed by atoms with Crippen LogP contribution in [0.5, 0.6) is 0 Å². The van der Waals surface area contributed by atoms with Crippen molar-refractivity contribution in [3.63, 3.8) is 0 Å². The molecule has 0 aliphatic heterocycles. The molecule has 4 heterocycles. The fourth-order valence-corrected chi connectivity index (χ4v) is 2.36. The lowest BCUT2D eigenvalue weighted by Crippen LogP contribution is -2.05. The number of hydrogen-bond donors (Lipinski definition) is 1. The summed E-state index contributed by atoms with van der Waals surface area (Å²) in [7, 11) is 0. The zero-order valence-electron chi connectivity index (χ0n) is 12.7. The Morgan fingerprint density at radius 3 is 2.46 bits per heavy atom. The molecule has 4 aromatic rings. The van der Waals surface area contributed by atoms with Crippen LogP contribution in [0.4, 0.5) is 5.95 Å². The Labute approximate surface area is 138 Å². The van der Waals surface area contributed by atoms with Gasteiger partial charge >= 0.3 is 0 Å². The first-order valence-electron chi connectivity index (χ1n) is 7.48. The molecule has 118 valence electrons. The molecule has 0 aromatic carbocycles. The molecule has 4 rings (SSSR count). The van der Waals surface area contributed by atoms with Gasteiger partial charge in [-0.2, -0.15) is 0 Å². The van der Waals surface area contributed by atoms with Gasteiger partial charge in [0.1, 0.15) is 11.5 Å². The van der Waals surface area contributed by atoms with E-state index in [0.717, 1.165) is 11.1 Å². The van der Waals surface area contributed by atoms with Crippen LogP contribution in [0.3, 0.4) is 0 Å². The Bertz CT molecular complexity index is 904. The van der Waals surface area contributed by atoms with Crippen LogP contribution >= 0.6 is 0 Å². The number of anilines is 1. The Morgan fingerprint density at radius 1 is 0.917 bits per heavy atom. The van der Waals surface area contributed by atoms with Gasteiger partial charge in [-0.15, -0.1) is 0 Å². The average Bonchev–Trinajstić information content (AvgIpc) is 3.34. The largest absolute Gasteiger partial charge is 0.464 e. The van der Waals surface area contributed by atoms with Crippen LogP contribution in [-0.2, 0) is 6.54 Å². The van der Waals surface area contributed by atoms with Crippen LogP contribution in [0, 0.1) is 0 Å². The zero-order chi connectivity index (χ0) is 16.2. The van der Waals surface area contributed by atoms with Gasteiger partial charge in [0.15, 0.2) is 5.76 Å². The number of hydrogen-bond acceptors (Lipinski definition) is 6. The summed E-state index contributed by atoms with van der Waals surface area (Å²) in [5, 5.41) is 3.20. The third-order valence-electron chi connectivity index (χ3n) is 3.50. The molecule has 0 aliphatic carbocycles. The minimum Gasteiger partial charge on any atom is -0.464 e. The second-order valence-corrected chi connectivity index (χ2v) is 5.13. The van der Waals surface area contributed by atoms with Gasteiger partial charge in [-0.1, -0.05) is 6.07 Å². The molecular formula is C18H14N4O2. The van der Waals surface area contributed by atoms with Crippen molar-refractivity contribution in [1.29, 1.82) is 0 Å². The molecule has 0 fully saturated rings. The van der Waals surface area contributed by atoms with Crippen molar-refractivity contribution in [2.75, 3.05) is 5.32 Å². The van der Waals surface area contributed by atoms with Crippen LogP contribution in [-0.4, -0.2) is 15.0 Å². The second kappa shape index (κ2) is 6.37. The van der Waals surface area contributed by atoms with E-state index in [9.17, 15) is 0 Å². The van der Waals surface area contributed by atoms with Crippen LogP contribution in [0.15, 0.2) is 76.3 Å². The van der Waals surface area contributed by atoms with Crippen molar-refractivity contribution in [3.8, 4) is 22.8 Å². The maximum atomic E-state index is 5.51. The highest BCUT2D eigenvalue weighted by molar-refractivity contribution is 5.75. The first-order chi connectivity index (χ1) is 11.9. The summed E-state index contributed by atoms with van der Waals surface area (Å²) in [5.41, 5.74) is 2.51. The van der Waals surface area contributed by atoms with Crippen molar-refractivity contribution in [2.45, 2.75) is 6.54 Å². The summed E-state index contributed by atoms with van der Waals surface area (Å²) < 4.78 is 11.0. The van der Waals surface area contributed by atoms with E-state index in [0.29, 0.717) is 29.7 Å². The van der Waals surface area contributed by atoms with Crippen molar-refractivity contribution < 1.29 is 8.83 Å². The van der Waals surface area contributed by atoms with Crippen molar-refractivity contribution in [3.05, 3.63) is 73.1 Å². The quantitative estimate of drug-likeness (QED) is 0.599. The van der Waals surface area contributed by atoms with Crippen LogP contribution in [0.2, 0.25) is 0 Å². The first-order valence-corrected chi connectivity index (χ1v) is 7.48. The van der Waals surface area contributed by atoms with Gasteiger partial charge in [-0.05, 0) is 35.9 Å². The number of furan rings is 2. The SMILES string of the molecule is c1cncc(CNc2ncc(-c3ccco3)c(-c3ccco3)n2)c1. The fraction of sp³-hybridized carbons (Fsp3) is 0.0556. The zero-order valence-corrected chi connectivity index (χ0v) is 12.7. The van der Waals surface area contributed by atoms with Gasteiger partial charge in [0.25, 0.3) is 0 Å². The smallest absolute Gasteiger partial charge is 0.223 e. The van der Waals surface area contributed by atoms with Crippen LogP contribution in [0.25, 0.3) is 22.8 Å². The van der Waals surface area contributed by atoms with Crippen molar-refractivity contribution in [2.24, 2.45) is 0 Å². The molecule has 0 aliphatic rings. The number of aromatic nitrogens is 3. The minimum absolute atomic E-state index is 0.514. The van der Waals surface area contributed by atoms with E-state index in [1.165, 1.54) is 0 Å². The Morgan fingerprint density at radius 2 is 1.75 bits per heavy atom. The monoisotopic (exact) mass is 318 g/mol. The van der Waals surface area contributed by atoms with E-state index in [1.54, 1.807) is 31.1 Å². The number of rotatable bonds is 5. The van der Waals surface area contributed by atoms with Gasteiger partial charge in [-0.25, -0.2) is 9.97 Å². The number of pyridine rings is 1. The van der Waals surface area contributed by atoms with Gasteiger partial charge in [0.2, 0.25) is 5.95 Å². The normalized spacial score (nSPS) is 10.7. The molecule has 0 spiro atoms. The molecule has 0 unspecified atom stereocenters. The van der Waals surface area contributed by atoms with Crippen molar-refractivity contribution in [1.82, 2.24) is 15.0 Å². The van der Waals surface area contributed by atoms with E-state index in [2.05, 4.69) is 20.3 Å². The number of nitrogens with one attached hydrogen (secondary N) is 1. The van der Waals surface area contributed by atoms with Gasteiger partial charge in [0.05, 0.1) is 18.1 Å². The lowest BCUT2D eigenvalue weighted by molar-refractivity contribution is 0.573. The van der Waals surface area contributed by atoms with Crippen molar-refractivity contribution >= 4 is 5.95 Å². The highest BCUT2D eigenvalue weighted by Gasteiger charge is 2.15. The summed E-state index contributed by atoms with van der Waals surface area (Å²) >= 11 is 0. The fourth-order valence-electron chi connectivity index (χ4n) is 2.36. The predicted octanol–water partition coefficient (Wildman–Crippen LogP) is 4.00. The molecule has 1 N–H and O–H groups in total. The van der Waals surface area contributed by atoms with E-state index in [4.69, 9.17) is 8.83 Å². The summed E-state index contributed by atoms with van der Waals surface area (Å²) in [6.45, 7) is 0.589. The van der Waals surface area contributed by atoms with E-state index in [1.807, 2.05) is 36.4 Å². The molecule has 0 amide bonds. The molecule has 0 bridgehead atoms. The summed E-state index contributed by atoms with van der Waals surface area (Å²) in [6, 6.07) is 11.3. The van der Waals surface area contributed by atoms with Gasteiger partial charge in [-0.3, -0.25) is 4.98 Å².